The highest BCUT2D eigenvalue weighted by molar-refractivity contribution is 7.99. The Morgan fingerprint density at radius 3 is 2.75 bits per heavy atom. The van der Waals surface area contributed by atoms with Crippen molar-refractivity contribution >= 4 is 23.4 Å². The first-order valence-electron chi connectivity index (χ1n) is 9.20. The van der Waals surface area contributed by atoms with Crippen LogP contribution in [0.5, 0.6) is 0 Å². The number of aromatic nitrogens is 3. The number of alkyl halides is 1. The summed E-state index contributed by atoms with van der Waals surface area (Å²) in [6.07, 6.45) is 4.58. The van der Waals surface area contributed by atoms with Gasteiger partial charge in [0.25, 0.3) is 0 Å². The van der Waals surface area contributed by atoms with Crippen molar-refractivity contribution in [2.75, 3.05) is 19.9 Å². The molecule has 0 bridgehead atoms. The standard InChI is InChI=1S/C21H21ClFN3OS/c1-26-13-25-20(21(26)28-19-7-6-17(22)11-24-19)15-4-2-14(3-5-15)18-10-16(18)12-27-9-8-23/h2-7,11,13,16,18H,8-10,12H2,1H3/t16-,18-/m1/s1. The highest BCUT2D eigenvalue weighted by Gasteiger charge is 2.38. The van der Waals surface area contributed by atoms with E-state index in [-0.39, 0.29) is 6.61 Å². The van der Waals surface area contributed by atoms with Crippen LogP contribution in [0.1, 0.15) is 17.9 Å². The highest BCUT2D eigenvalue weighted by atomic mass is 35.5. The summed E-state index contributed by atoms with van der Waals surface area (Å²) in [5.74, 6) is 1.03. The van der Waals surface area contributed by atoms with Gasteiger partial charge in [0, 0.05) is 18.8 Å². The third-order valence-electron chi connectivity index (χ3n) is 4.87. The number of nitrogens with zero attached hydrogens (tertiary/aromatic N) is 3. The molecule has 1 saturated carbocycles. The molecule has 0 aliphatic heterocycles. The number of rotatable bonds is 8. The molecule has 28 heavy (non-hydrogen) atoms. The van der Waals surface area contributed by atoms with Gasteiger partial charge >= 0.3 is 0 Å². The van der Waals surface area contributed by atoms with Crippen molar-refractivity contribution in [1.82, 2.24) is 14.5 Å². The summed E-state index contributed by atoms with van der Waals surface area (Å²) in [5, 5.41) is 2.53. The molecule has 0 radical (unpaired) electrons. The first-order chi connectivity index (χ1) is 13.7. The third kappa shape index (κ3) is 4.40. The topological polar surface area (TPSA) is 39.9 Å². The van der Waals surface area contributed by atoms with E-state index in [9.17, 15) is 4.39 Å². The van der Waals surface area contributed by atoms with Gasteiger partial charge in [0.05, 0.1) is 24.6 Å². The van der Waals surface area contributed by atoms with Crippen molar-refractivity contribution in [2.45, 2.75) is 22.4 Å². The SMILES string of the molecule is Cn1cnc(-c2ccc([C@H]3C[C@@H]3COCCF)cc2)c1Sc1ccc(Cl)cn1. The van der Waals surface area contributed by atoms with Crippen LogP contribution in [0.25, 0.3) is 11.3 Å². The number of halogens is 2. The van der Waals surface area contributed by atoms with E-state index in [1.165, 1.54) is 5.56 Å². The third-order valence-corrected chi connectivity index (χ3v) is 6.22. The second kappa shape index (κ2) is 8.64. The molecule has 1 fully saturated rings. The van der Waals surface area contributed by atoms with E-state index in [1.807, 2.05) is 30.1 Å². The molecular weight excluding hydrogens is 397 g/mol. The Hall–Kier alpha value is -1.89. The first kappa shape index (κ1) is 19.4. The van der Waals surface area contributed by atoms with Crippen molar-refractivity contribution in [2.24, 2.45) is 13.0 Å². The zero-order valence-electron chi connectivity index (χ0n) is 15.5. The highest BCUT2D eigenvalue weighted by Crippen LogP contribution is 2.48. The maximum Gasteiger partial charge on any atom is 0.113 e. The summed E-state index contributed by atoms with van der Waals surface area (Å²) in [6, 6.07) is 12.3. The lowest BCUT2D eigenvalue weighted by molar-refractivity contribution is 0.109. The Kier molecular flexibility index (Phi) is 5.99. The van der Waals surface area contributed by atoms with Gasteiger partial charge < -0.3 is 9.30 Å². The van der Waals surface area contributed by atoms with E-state index in [2.05, 4.69) is 34.2 Å². The zero-order chi connectivity index (χ0) is 19.5. The Labute approximate surface area is 173 Å². The number of hydrogen-bond acceptors (Lipinski definition) is 4. The fourth-order valence-electron chi connectivity index (χ4n) is 3.28. The molecule has 7 heteroatoms. The molecule has 1 aliphatic rings. The van der Waals surface area contributed by atoms with Gasteiger partial charge in [-0.1, -0.05) is 35.9 Å². The molecule has 0 spiro atoms. The molecule has 2 heterocycles. The van der Waals surface area contributed by atoms with E-state index in [0.29, 0.717) is 23.5 Å². The van der Waals surface area contributed by atoms with Crippen LogP contribution in [-0.2, 0) is 11.8 Å². The largest absolute Gasteiger partial charge is 0.378 e. The lowest BCUT2D eigenvalue weighted by Gasteiger charge is -2.07. The first-order valence-corrected chi connectivity index (χ1v) is 10.4. The second-order valence-corrected chi connectivity index (χ2v) is 8.36. The van der Waals surface area contributed by atoms with E-state index in [0.717, 1.165) is 27.7 Å². The van der Waals surface area contributed by atoms with Crippen LogP contribution in [0, 0.1) is 5.92 Å². The van der Waals surface area contributed by atoms with E-state index in [4.69, 9.17) is 16.3 Å². The van der Waals surface area contributed by atoms with Gasteiger partial charge in [-0.2, -0.15) is 0 Å². The summed E-state index contributed by atoms with van der Waals surface area (Å²) < 4.78 is 19.5. The number of aryl methyl sites for hydroxylation is 1. The van der Waals surface area contributed by atoms with Crippen molar-refractivity contribution in [3.8, 4) is 11.3 Å². The van der Waals surface area contributed by atoms with Crippen molar-refractivity contribution in [3.05, 3.63) is 59.5 Å². The smallest absolute Gasteiger partial charge is 0.113 e. The number of imidazole rings is 1. The van der Waals surface area contributed by atoms with Gasteiger partial charge in [0.1, 0.15) is 22.4 Å². The lowest BCUT2D eigenvalue weighted by atomic mass is 10.1. The Bertz CT molecular complexity index is 930. The summed E-state index contributed by atoms with van der Waals surface area (Å²) in [6.45, 7) is 0.429. The summed E-state index contributed by atoms with van der Waals surface area (Å²) in [7, 11) is 1.98. The number of hydrogen-bond donors (Lipinski definition) is 0. The van der Waals surface area contributed by atoms with E-state index < -0.39 is 6.67 Å². The lowest BCUT2D eigenvalue weighted by Crippen LogP contribution is -2.00. The Morgan fingerprint density at radius 1 is 1.21 bits per heavy atom. The molecular formula is C21H21ClFN3OS. The molecule has 0 amide bonds. The van der Waals surface area contributed by atoms with Crippen molar-refractivity contribution in [3.63, 3.8) is 0 Å². The average molecular weight is 418 g/mol. The number of benzene rings is 1. The predicted octanol–water partition coefficient (Wildman–Crippen LogP) is 5.38. The predicted molar refractivity (Wildman–Crippen MR) is 110 cm³/mol. The molecule has 1 aliphatic carbocycles. The molecule has 1 aromatic carbocycles. The minimum Gasteiger partial charge on any atom is -0.378 e. The maximum atomic E-state index is 12.1. The van der Waals surface area contributed by atoms with Crippen LogP contribution in [0.15, 0.2) is 59.0 Å². The Balaban J connectivity index is 1.47. The molecule has 2 aromatic heterocycles. The van der Waals surface area contributed by atoms with Gasteiger partial charge in [-0.3, -0.25) is 0 Å². The molecule has 4 nitrogen and oxygen atoms in total. The van der Waals surface area contributed by atoms with Crippen LogP contribution < -0.4 is 0 Å². The monoisotopic (exact) mass is 417 g/mol. The maximum absolute atomic E-state index is 12.1. The van der Waals surface area contributed by atoms with Crippen LogP contribution in [0.4, 0.5) is 4.39 Å². The van der Waals surface area contributed by atoms with Crippen molar-refractivity contribution < 1.29 is 9.13 Å². The zero-order valence-corrected chi connectivity index (χ0v) is 17.1. The van der Waals surface area contributed by atoms with E-state index >= 15 is 0 Å². The average Bonchev–Trinajstić information content (AvgIpc) is 3.40. The molecule has 3 aromatic rings. The van der Waals surface area contributed by atoms with Crippen LogP contribution in [0.3, 0.4) is 0 Å². The minimum absolute atomic E-state index is 0.199. The molecule has 2 atom stereocenters. The fraction of sp³-hybridized carbons (Fsp3) is 0.333. The molecule has 0 unspecified atom stereocenters. The summed E-state index contributed by atoms with van der Waals surface area (Å²) >= 11 is 7.50. The fourth-order valence-corrected chi connectivity index (χ4v) is 4.29. The number of pyridine rings is 1. The van der Waals surface area contributed by atoms with Gasteiger partial charge in [0.2, 0.25) is 0 Å². The van der Waals surface area contributed by atoms with Gasteiger partial charge in [0.15, 0.2) is 0 Å². The number of ether oxygens (including phenoxy) is 1. The van der Waals surface area contributed by atoms with Crippen LogP contribution in [-0.4, -0.2) is 34.4 Å². The van der Waals surface area contributed by atoms with Gasteiger partial charge in [-0.15, -0.1) is 0 Å². The summed E-state index contributed by atoms with van der Waals surface area (Å²) in [4.78, 5) is 8.96. The molecule has 4 rings (SSSR count). The molecule has 0 N–H and O–H groups in total. The quantitative estimate of drug-likeness (QED) is 0.461. The minimum atomic E-state index is -0.415. The summed E-state index contributed by atoms with van der Waals surface area (Å²) in [5.41, 5.74) is 3.32. The molecule has 146 valence electrons. The molecule has 0 saturated heterocycles. The van der Waals surface area contributed by atoms with Crippen LogP contribution in [0.2, 0.25) is 5.02 Å². The van der Waals surface area contributed by atoms with Gasteiger partial charge in [-0.05, 0) is 47.7 Å². The van der Waals surface area contributed by atoms with E-state index in [1.54, 1.807) is 18.0 Å². The van der Waals surface area contributed by atoms with Crippen LogP contribution >= 0.6 is 23.4 Å². The Morgan fingerprint density at radius 2 is 2.04 bits per heavy atom. The second-order valence-electron chi connectivity index (χ2n) is 6.91. The normalized spacial score (nSPS) is 18.4. The van der Waals surface area contributed by atoms with Gasteiger partial charge in [-0.25, -0.2) is 14.4 Å². The van der Waals surface area contributed by atoms with Crippen molar-refractivity contribution in [1.29, 1.82) is 0 Å².